The van der Waals surface area contributed by atoms with Crippen molar-refractivity contribution >= 4 is 58.2 Å². The SMILES string of the molecule is COC(=O)c1ccc(CN2C(=O)S/C(=C/c3cc(Cl)c(OCc4ccc(F)cc4)c(Cl)c3)C2=O)o1. The zero-order chi connectivity index (χ0) is 25.1. The normalized spacial score (nSPS) is 14.6. The molecule has 0 spiro atoms. The molecule has 0 N–H and O–H groups in total. The van der Waals surface area contributed by atoms with Crippen molar-refractivity contribution in [2.45, 2.75) is 13.2 Å². The fraction of sp³-hybridized carbons (Fsp3) is 0.125. The van der Waals surface area contributed by atoms with Gasteiger partial charge in [0.15, 0.2) is 5.75 Å². The molecule has 0 radical (unpaired) electrons. The van der Waals surface area contributed by atoms with Crippen LogP contribution in [-0.4, -0.2) is 29.1 Å². The molecular weight excluding hydrogens is 520 g/mol. The van der Waals surface area contributed by atoms with E-state index in [1.165, 1.54) is 37.5 Å². The second kappa shape index (κ2) is 10.6. The van der Waals surface area contributed by atoms with Crippen LogP contribution in [0.3, 0.4) is 0 Å². The van der Waals surface area contributed by atoms with E-state index < -0.39 is 17.1 Å². The average molecular weight is 536 g/mol. The van der Waals surface area contributed by atoms with Gasteiger partial charge in [0.05, 0.1) is 28.6 Å². The molecule has 0 atom stereocenters. The van der Waals surface area contributed by atoms with Crippen LogP contribution in [0.2, 0.25) is 10.0 Å². The fourth-order valence-corrected chi connectivity index (χ4v) is 4.60. The Balaban J connectivity index is 1.47. The second-order valence-corrected chi connectivity index (χ2v) is 9.06. The molecule has 7 nitrogen and oxygen atoms in total. The lowest BCUT2D eigenvalue weighted by Gasteiger charge is -2.11. The number of nitrogens with zero attached hydrogens (tertiary/aromatic N) is 1. The maximum atomic E-state index is 13.1. The minimum Gasteiger partial charge on any atom is -0.486 e. The topological polar surface area (TPSA) is 86.0 Å². The molecule has 2 heterocycles. The molecule has 1 aliphatic rings. The number of hydrogen-bond acceptors (Lipinski definition) is 7. The first-order chi connectivity index (χ1) is 16.7. The van der Waals surface area contributed by atoms with E-state index in [1.54, 1.807) is 24.3 Å². The quantitative estimate of drug-likeness (QED) is 0.258. The van der Waals surface area contributed by atoms with Gasteiger partial charge in [0.25, 0.3) is 11.1 Å². The fourth-order valence-electron chi connectivity index (χ4n) is 3.15. The predicted molar refractivity (Wildman–Crippen MR) is 129 cm³/mol. The standard InChI is InChI=1S/C24H16Cl2FNO6S/c1-32-23(30)19-7-6-16(34-19)11-28-22(29)20(35-24(28)31)10-14-8-17(25)21(18(26)9-14)33-12-13-2-4-15(27)5-3-13/h2-10H,11-12H2,1H3/b20-10+. The molecule has 0 unspecified atom stereocenters. The highest BCUT2D eigenvalue weighted by molar-refractivity contribution is 8.18. The van der Waals surface area contributed by atoms with E-state index >= 15 is 0 Å². The number of carbonyl (C=O) groups excluding carboxylic acids is 3. The minimum absolute atomic E-state index is 0.0315. The Labute approximate surface area is 213 Å². The lowest BCUT2D eigenvalue weighted by atomic mass is 10.2. The molecule has 4 rings (SSSR count). The molecule has 35 heavy (non-hydrogen) atoms. The number of furan rings is 1. The summed E-state index contributed by atoms with van der Waals surface area (Å²) in [7, 11) is 1.22. The van der Waals surface area contributed by atoms with Crippen LogP contribution in [0.1, 0.15) is 27.4 Å². The van der Waals surface area contributed by atoms with Gasteiger partial charge in [-0.2, -0.15) is 0 Å². The number of methoxy groups -OCH3 is 1. The summed E-state index contributed by atoms with van der Waals surface area (Å²) in [5.41, 5.74) is 1.22. The lowest BCUT2D eigenvalue weighted by Crippen LogP contribution is -2.27. The first-order valence-corrected chi connectivity index (χ1v) is 11.6. The third-order valence-corrected chi connectivity index (χ3v) is 6.32. The largest absolute Gasteiger partial charge is 0.486 e. The Morgan fingerprint density at radius 2 is 1.80 bits per heavy atom. The minimum atomic E-state index is -0.663. The molecule has 180 valence electrons. The van der Waals surface area contributed by atoms with E-state index in [0.29, 0.717) is 5.56 Å². The van der Waals surface area contributed by atoms with Gasteiger partial charge in [0.2, 0.25) is 5.76 Å². The number of hydrogen-bond donors (Lipinski definition) is 0. The van der Waals surface area contributed by atoms with Crippen molar-refractivity contribution in [1.29, 1.82) is 0 Å². The summed E-state index contributed by atoms with van der Waals surface area (Å²) in [4.78, 5) is 37.9. The zero-order valence-corrected chi connectivity index (χ0v) is 20.4. The number of thioether (sulfide) groups is 1. The second-order valence-electron chi connectivity index (χ2n) is 7.25. The van der Waals surface area contributed by atoms with Gasteiger partial charge >= 0.3 is 5.97 Å². The molecule has 3 aromatic rings. The van der Waals surface area contributed by atoms with Crippen LogP contribution in [0.4, 0.5) is 9.18 Å². The average Bonchev–Trinajstić information content (AvgIpc) is 3.39. The van der Waals surface area contributed by atoms with Gasteiger partial charge in [0.1, 0.15) is 18.2 Å². The first kappa shape index (κ1) is 24.8. The van der Waals surface area contributed by atoms with E-state index in [1.807, 2.05) is 0 Å². The third-order valence-electron chi connectivity index (χ3n) is 4.85. The predicted octanol–water partition coefficient (Wildman–Crippen LogP) is 6.33. The molecule has 0 bridgehead atoms. The molecule has 2 amide bonds. The van der Waals surface area contributed by atoms with E-state index in [-0.39, 0.29) is 51.2 Å². The molecule has 0 aliphatic carbocycles. The molecule has 1 fully saturated rings. The summed E-state index contributed by atoms with van der Waals surface area (Å²) >= 11 is 13.4. The van der Waals surface area contributed by atoms with Gasteiger partial charge in [-0.1, -0.05) is 35.3 Å². The number of amides is 2. The van der Waals surface area contributed by atoms with Gasteiger partial charge < -0.3 is 13.9 Å². The summed E-state index contributed by atoms with van der Waals surface area (Å²) in [5.74, 6) is -1.08. The van der Waals surface area contributed by atoms with Crippen molar-refractivity contribution < 1.29 is 32.7 Å². The molecule has 0 saturated carbocycles. The molecule has 1 aliphatic heterocycles. The Hall–Kier alpha value is -3.27. The van der Waals surface area contributed by atoms with Crippen LogP contribution in [0.15, 0.2) is 57.9 Å². The number of rotatable bonds is 7. The van der Waals surface area contributed by atoms with Gasteiger partial charge in [-0.15, -0.1) is 0 Å². The Morgan fingerprint density at radius 1 is 1.11 bits per heavy atom. The number of ether oxygens (including phenoxy) is 2. The van der Waals surface area contributed by atoms with Crippen molar-refractivity contribution in [3.05, 3.63) is 91.9 Å². The van der Waals surface area contributed by atoms with Gasteiger partial charge in [-0.05, 0) is 65.4 Å². The summed E-state index contributed by atoms with van der Waals surface area (Å²) in [6.45, 7) is -0.0148. The van der Waals surface area contributed by atoms with E-state index in [9.17, 15) is 18.8 Å². The Kier molecular flexibility index (Phi) is 7.49. The number of carbonyl (C=O) groups is 3. The molecule has 1 saturated heterocycles. The van der Waals surface area contributed by atoms with E-state index in [0.717, 1.165) is 22.2 Å². The van der Waals surface area contributed by atoms with E-state index in [2.05, 4.69) is 4.74 Å². The highest BCUT2D eigenvalue weighted by Crippen LogP contribution is 2.38. The van der Waals surface area contributed by atoms with Crippen molar-refractivity contribution in [3.8, 4) is 5.75 Å². The zero-order valence-electron chi connectivity index (χ0n) is 18.0. The number of imide groups is 1. The molecule has 2 aromatic carbocycles. The molecular formula is C24H16Cl2FNO6S. The van der Waals surface area contributed by atoms with Crippen molar-refractivity contribution in [3.63, 3.8) is 0 Å². The highest BCUT2D eigenvalue weighted by atomic mass is 35.5. The van der Waals surface area contributed by atoms with Crippen LogP contribution >= 0.6 is 35.0 Å². The molecule has 1 aromatic heterocycles. The van der Waals surface area contributed by atoms with Gasteiger partial charge in [0, 0.05) is 0 Å². The Bertz CT molecular complexity index is 1320. The van der Waals surface area contributed by atoms with Crippen LogP contribution in [0, 0.1) is 5.82 Å². The van der Waals surface area contributed by atoms with Crippen molar-refractivity contribution in [1.82, 2.24) is 4.90 Å². The summed E-state index contributed by atoms with van der Waals surface area (Å²) in [5, 5.41) is -0.0826. The monoisotopic (exact) mass is 535 g/mol. The van der Waals surface area contributed by atoms with Crippen LogP contribution < -0.4 is 4.74 Å². The smallest absolute Gasteiger partial charge is 0.373 e. The highest BCUT2D eigenvalue weighted by Gasteiger charge is 2.36. The number of halogens is 3. The Morgan fingerprint density at radius 3 is 2.46 bits per heavy atom. The van der Waals surface area contributed by atoms with Crippen molar-refractivity contribution in [2.75, 3.05) is 7.11 Å². The van der Waals surface area contributed by atoms with E-state index in [4.69, 9.17) is 32.4 Å². The van der Waals surface area contributed by atoms with Crippen LogP contribution in [0.25, 0.3) is 6.08 Å². The van der Waals surface area contributed by atoms with Crippen molar-refractivity contribution in [2.24, 2.45) is 0 Å². The number of esters is 1. The third kappa shape index (κ3) is 5.70. The summed E-state index contributed by atoms with van der Waals surface area (Å²) < 4.78 is 28.7. The number of benzene rings is 2. The maximum Gasteiger partial charge on any atom is 0.373 e. The van der Waals surface area contributed by atoms with Crippen LogP contribution in [-0.2, 0) is 22.7 Å². The maximum absolute atomic E-state index is 13.1. The first-order valence-electron chi connectivity index (χ1n) is 10.0. The lowest BCUT2D eigenvalue weighted by molar-refractivity contribution is -0.123. The summed E-state index contributed by atoms with van der Waals surface area (Å²) in [6.07, 6.45) is 1.49. The summed E-state index contributed by atoms with van der Waals surface area (Å²) in [6, 6.07) is 11.8. The van der Waals surface area contributed by atoms with Crippen LogP contribution in [0.5, 0.6) is 5.75 Å². The van der Waals surface area contributed by atoms with Gasteiger partial charge in [-0.25, -0.2) is 9.18 Å². The van der Waals surface area contributed by atoms with Gasteiger partial charge in [-0.3, -0.25) is 14.5 Å². The molecule has 11 heteroatoms.